The van der Waals surface area contributed by atoms with Crippen LogP contribution < -0.4 is 5.11 Å². The molecule has 6 heteroatoms. The van der Waals surface area contributed by atoms with Crippen molar-refractivity contribution in [3.8, 4) is 11.1 Å². The first-order chi connectivity index (χ1) is 12.7. The van der Waals surface area contributed by atoms with Crippen LogP contribution in [0.15, 0.2) is 48.5 Å². The number of ether oxygens (including phenoxy) is 2. The Morgan fingerprint density at radius 3 is 2.31 bits per heavy atom. The topological polar surface area (TPSA) is 78.9 Å². The largest absolute Gasteiger partial charge is 0.548 e. The molecule has 0 spiro atoms. The first-order valence-electron chi connectivity index (χ1n) is 8.57. The Balaban J connectivity index is 1.53. The van der Waals surface area contributed by atoms with E-state index < -0.39 is 18.1 Å². The highest BCUT2D eigenvalue weighted by atomic mass is 16.6. The molecule has 0 unspecified atom stereocenters. The van der Waals surface area contributed by atoms with Crippen LogP contribution in [0.1, 0.15) is 17.0 Å². The van der Waals surface area contributed by atoms with Crippen molar-refractivity contribution in [2.45, 2.75) is 12.0 Å². The number of hydrogen-bond donors (Lipinski definition) is 0. The lowest BCUT2D eigenvalue weighted by atomic mass is 9.98. The zero-order valence-corrected chi connectivity index (χ0v) is 14.1. The van der Waals surface area contributed by atoms with E-state index in [1.54, 1.807) is 0 Å². The summed E-state index contributed by atoms with van der Waals surface area (Å²) in [4.78, 5) is 24.8. The summed E-state index contributed by atoms with van der Waals surface area (Å²) in [7, 11) is 0. The molecule has 1 aliphatic carbocycles. The number of benzene rings is 2. The molecule has 1 fully saturated rings. The van der Waals surface area contributed by atoms with Gasteiger partial charge in [0.25, 0.3) is 0 Å². The van der Waals surface area contributed by atoms with Gasteiger partial charge in [0.1, 0.15) is 6.61 Å². The van der Waals surface area contributed by atoms with Crippen molar-refractivity contribution in [2.24, 2.45) is 0 Å². The number of aliphatic carboxylic acids is 1. The van der Waals surface area contributed by atoms with Crippen molar-refractivity contribution in [2.75, 3.05) is 26.4 Å². The van der Waals surface area contributed by atoms with E-state index in [-0.39, 0.29) is 32.3 Å². The van der Waals surface area contributed by atoms with E-state index in [1.165, 1.54) is 4.90 Å². The van der Waals surface area contributed by atoms with Gasteiger partial charge in [-0.05, 0) is 22.3 Å². The Hall–Kier alpha value is -2.86. The van der Waals surface area contributed by atoms with Gasteiger partial charge in [0.05, 0.1) is 25.2 Å². The van der Waals surface area contributed by atoms with Crippen molar-refractivity contribution >= 4 is 12.1 Å². The maximum atomic E-state index is 12.5. The maximum Gasteiger partial charge on any atom is 0.410 e. The fraction of sp³-hybridized carbons (Fsp3) is 0.300. The first kappa shape index (κ1) is 16.6. The highest BCUT2D eigenvalue weighted by Gasteiger charge is 2.32. The average Bonchev–Trinajstić information content (AvgIpc) is 3.00. The van der Waals surface area contributed by atoms with Crippen LogP contribution in [-0.2, 0) is 14.3 Å². The molecule has 134 valence electrons. The van der Waals surface area contributed by atoms with Crippen LogP contribution in [0.25, 0.3) is 11.1 Å². The molecule has 0 bridgehead atoms. The van der Waals surface area contributed by atoms with E-state index >= 15 is 0 Å². The van der Waals surface area contributed by atoms with Crippen LogP contribution in [0.2, 0.25) is 0 Å². The number of amides is 1. The van der Waals surface area contributed by atoms with Crippen LogP contribution in [0.4, 0.5) is 4.79 Å². The number of rotatable bonds is 3. The summed E-state index contributed by atoms with van der Waals surface area (Å²) < 4.78 is 10.6. The summed E-state index contributed by atoms with van der Waals surface area (Å²) >= 11 is 0. The van der Waals surface area contributed by atoms with E-state index in [2.05, 4.69) is 12.1 Å². The SMILES string of the molecule is O=C([O-])[C@@H]1COCCN1C(=O)OCC1c2ccccc2-c2ccccc21. The van der Waals surface area contributed by atoms with Gasteiger partial charge in [-0.15, -0.1) is 0 Å². The summed E-state index contributed by atoms with van der Waals surface area (Å²) in [5.41, 5.74) is 4.51. The van der Waals surface area contributed by atoms with Crippen molar-refractivity contribution in [1.82, 2.24) is 4.90 Å². The molecule has 1 amide bonds. The number of fused-ring (bicyclic) bond motifs is 3. The minimum absolute atomic E-state index is 0.0613. The van der Waals surface area contributed by atoms with E-state index in [4.69, 9.17) is 9.47 Å². The molecule has 1 atom stereocenters. The molecule has 0 N–H and O–H groups in total. The molecule has 0 aromatic heterocycles. The molecule has 0 saturated carbocycles. The minimum Gasteiger partial charge on any atom is -0.548 e. The van der Waals surface area contributed by atoms with Gasteiger partial charge in [0, 0.05) is 12.5 Å². The number of morpholine rings is 1. The van der Waals surface area contributed by atoms with Gasteiger partial charge < -0.3 is 19.4 Å². The van der Waals surface area contributed by atoms with Gasteiger partial charge in [0.2, 0.25) is 0 Å². The van der Waals surface area contributed by atoms with E-state index in [1.807, 2.05) is 36.4 Å². The monoisotopic (exact) mass is 352 g/mol. The summed E-state index contributed by atoms with van der Waals surface area (Å²) in [6, 6.07) is 15.0. The number of carboxylic acids is 1. The lowest BCUT2D eigenvalue weighted by Gasteiger charge is -2.35. The third-order valence-electron chi connectivity index (χ3n) is 4.97. The highest BCUT2D eigenvalue weighted by Crippen LogP contribution is 2.44. The third kappa shape index (κ3) is 2.82. The zero-order chi connectivity index (χ0) is 18.1. The van der Waals surface area contributed by atoms with Crippen LogP contribution in [0.3, 0.4) is 0 Å². The van der Waals surface area contributed by atoms with Crippen LogP contribution >= 0.6 is 0 Å². The molecule has 1 saturated heterocycles. The molecule has 4 rings (SSSR count). The molecule has 0 radical (unpaired) electrons. The fourth-order valence-corrected chi connectivity index (χ4v) is 3.69. The number of nitrogens with zero attached hydrogens (tertiary/aromatic N) is 1. The Morgan fingerprint density at radius 2 is 1.69 bits per heavy atom. The number of carboxylic acid groups (broad SMARTS) is 1. The van der Waals surface area contributed by atoms with Crippen LogP contribution in [0, 0.1) is 0 Å². The summed E-state index contributed by atoms with van der Waals surface area (Å²) in [6.07, 6.45) is -0.649. The van der Waals surface area contributed by atoms with Crippen LogP contribution in [0.5, 0.6) is 0 Å². The molecule has 2 aromatic carbocycles. The summed E-state index contributed by atoms with van der Waals surface area (Å²) in [6.45, 7) is 0.541. The van der Waals surface area contributed by atoms with E-state index in [9.17, 15) is 14.7 Å². The zero-order valence-electron chi connectivity index (χ0n) is 14.1. The number of carbonyl (C=O) groups is 2. The van der Waals surface area contributed by atoms with Gasteiger partial charge in [-0.2, -0.15) is 0 Å². The van der Waals surface area contributed by atoms with Gasteiger partial charge >= 0.3 is 6.09 Å². The second kappa shape index (κ2) is 6.80. The standard InChI is InChI=1S/C20H19NO5/c22-19(23)18-12-25-10-9-21(18)20(24)26-11-17-15-7-3-1-5-13(15)14-6-2-4-8-16(14)17/h1-8,17-18H,9-12H2,(H,22,23)/p-1/t18-/m0/s1. The molecule has 1 aliphatic heterocycles. The van der Waals surface area contributed by atoms with Crippen LogP contribution in [-0.4, -0.2) is 49.4 Å². The van der Waals surface area contributed by atoms with E-state index in [0.29, 0.717) is 0 Å². The third-order valence-corrected chi connectivity index (χ3v) is 4.97. The van der Waals surface area contributed by atoms with Crippen molar-refractivity contribution in [3.63, 3.8) is 0 Å². The smallest absolute Gasteiger partial charge is 0.410 e. The number of carbonyl (C=O) groups excluding carboxylic acids is 2. The molecule has 6 nitrogen and oxygen atoms in total. The highest BCUT2D eigenvalue weighted by molar-refractivity contribution is 5.80. The Labute approximate surface area is 151 Å². The van der Waals surface area contributed by atoms with Gasteiger partial charge in [-0.1, -0.05) is 48.5 Å². The fourth-order valence-electron chi connectivity index (χ4n) is 3.69. The second-order valence-corrected chi connectivity index (χ2v) is 6.41. The molecule has 26 heavy (non-hydrogen) atoms. The molecule has 1 heterocycles. The lowest BCUT2D eigenvalue weighted by Crippen LogP contribution is -2.57. The van der Waals surface area contributed by atoms with Gasteiger partial charge in [-0.25, -0.2) is 4.79 Å². The molecular weight excluding hydrogens is 334 g/mol. The molecular formula is C20H18NO5-. The quantitative estimate of drug-likeness (QED) is 0.834. The van der Waals surface area contributed by atoms with Crippen molar-refractivity contribution in [3.05, 3.63) is 59.7 Å². The second-order valence-electron chi connectivity index (χ2n) is 6.41. The Morgan fingerprint density at radius 1 is 1.08 bits per heavy atom. The van der Waals surface area contributed by atoms with Crippen molar-refractivity contribution < 1.29 is 24.2 Å². The predicted octanol–water partition coefficient (Wildman–Crippen LogP) is 1.39. The Kier molecular flexibility index (Phi) is 4.34. The predicted molar refractivity (Wildman–Crippen MR) is 91.4 cm³/mol. The Bertz CT molecular complexity index is 804. The molecule has 2 aromatic rings. The summed E-state index contributed by atoms with van der Waals surface area (Å²) in [5, 5.41) is 11.2. The summed E-state index contributed by atoms with van der Waals surface area (Å²) in [5.74, 6) is -1.40. The van der Waals surface area contributed by atoms with Crippen molar-refractivity contribution in [1.29, 1.82) is 0 Å². The lowest BCUT2D eigenvalue weighted by molar-refractivity contribution is -0.313. The maximum absolute atomic E-state index is 12.5. The first-order valence-corrected chi connectivity index (χ1v) is 8.57. The average molecular weight is 352 g/mol. The molecule has 2 aliphatic rings. The normalized spacial score (nSPS) is 18.9. The number of hydrogen-bond acceptors (Lipinski definition) is 5. The van der Waals surface area contributed by atoms with E-state index in [0.717, 1.165) is 22.3 Å². The van der Waals surface area contributed by atoms with Gasteiger partial charge in [-0.3, -0.25) is 4.90 Å². The minimum atomic E-state index is -1.33. The van der Waals surface area contributed by atoms with Gasteiger partial charge in [0.15, 0.2) is 0 Å².